The number of amides is 2. The molecule has 0 bridgehead atoms. The lowest BCUT2D eigenvalue weighted by molar-refractivity contribution is 0.0643. The zero-order chi connectivity index (χ0) is 27.4. The number of nitrogens with two attached hydrogens (primary N) is 1. The Morgan fingerprint density at radius 1 is 1.03 bits per heavy atom. The van der Waals surface area contributed by atoms with Crippen molar-refractivity contribution < 1.29 is 18.4 Å². The van der Waals surface area contributed by atoms with E-state index in [1.165, 1.54) is 6.07 Å². The number of carbonyl (C=O) groups is 2. The summed E-state index contributed by atoms with van der Waals surface area (Å²) in [6.45, 7) is 10.5. The summed E-state index contributed by atoms with van der Waals surface area (Å²) in [5, 5.41) is 0. The molecule has 2 amide bonds. The second-order valence-corrected chi connectivity index (χ2v) is 10.5. The number of hydrogen-bond donors (Lipinski definition) is 1. The highest BCUT2D eigenvalue weighted by molar-refractivity contribution is 5.96. The molecule has 8 heteroatoms. The molecule has 2 N–H and O–H groups in total. The van der Waals surface area contributed by atoms with Gasteiger partial charge in [0.2, 0.25) is 0 Å². The van der Waals surface area contributed by atoms with E-state index in [0.29, 0.717) is 11.3 Å². The zero-order valence-corrected chi connectivity index (χ0v) is 22.6. The van der Waals surface area contributed by atoms with E-state index >= 15 is 4.39 Å². The van der Waals surface area contributed by atoms with E-state index in [1.807, 2.05) is 55.7 Å². The predicted molar refractivity (Wildman–Crippen MR) is 147 cm³/mol. The maximum absolute atomic E-state index is 15.6. The molecule has 1 fully saturated rings. The first kappa shape index (κ1) is 27.4. The van der Waals surface area contributed by atoms with E-state index in [2.05, 4.69) is 4.90 Å². The van der Waals surface area contributed by atoms with Gasteiger partial charge in [0, 0.05) is 54.6 Å². The first-order valence-electron chi connectivity index (χ1n) is 13.2. The van der Waals surface area contributed by atoms with E-state index < -0.39 is 11.7 Å². The summed E-state index contributed by atoms with van der Waals surface area (Å²) in [5.74, 6) is -1.48. The van der Waals surface area contributed by atoms with Crippen LogP contribution >= 0.6 is 0 Å². The molecular weight excluding hydrogens is 483 g/mol. The maximum Gasteiger partial charge on any atom is 0.254 e. The first-order valence-corrected chi connectivity index (χ1v) is 13.2. The molecule has 7 nitrogen and oxygen atoms in total. The minimum Gasteiger partial charge on any atom is -0.472 e. The average Bonchev–Trinajstić information content (AvgIpc) is 3.39. The monoisotopic (exact) mass is 520 g/mol. The Hall–Kier alpha value is -3.65. The van der Waals surface area contributed by atoms with Crippen LogP contribution in [-0.4, -0.2) is 52.8 Å². The lowest BCUT2D eigenvalue weighted by Gasteiger charge is -2.40. The van der Waals surface area contributed by atoms with E-state index in [1.54, 1.807) is 36.8 Å². The molecule has 1 aromatic heterocycles. The fourth-order valence-electron chi connectivity index (χ4n) is 5.40. The number of primary amides is 1. The summed E-state index contributed by atoms with van der Waals surface area (Å²) in [5.41, 5.74) is 8.09. The van der Waals surface area contributed by atoms with Crippen LogP contribution in [0.3, 0.4) is 0 Å². The normalized spacial score (nSPS) is 14.7. The molecule has 0 aliphatic carbocycles. The fourth-order valence-corrected chi connectivity index (χ4v) is 5.40. The van der Waals surface area contributed by atoms with Gasteiger partial charge in [-0.2, -0.15) is 0 Å². The molecule has 1 saturated heterocycles. The van der Waals surface area contributed by atoms with Gasteiger partial charge >= 0.3 is 0 Å². The van der Waals surface area contributed by atoms with Crippen molar-refractivity contribution in [3.63, 3.8) is 0 Å². The minimum atomic E-state index is -0.803. The summed E-state index contributed by atoms with van der Waals surface area (Å²) < 4.78 is 20.8. The number of likely N-dealkylation sites (tertiary alicyclic amines) is 1. The van der Waals surface area contributed by atoms with E-state index in [0.717, 1.165) is 43.7 Å². The average molecular weight is 521 g/mol. The van der Waals surface area contributed by atoms with Crippen LogP contribution in [0.1, 0.15) is 66.8 Å². The number of carbonyl (C=O) groups excluding carboxylic acids is 2. The summed E-state index contributed by atoms with van der Waals surface area (Å²) >= 11 is 0. The molecule has 0 saturated carbocycles. The number of hydrogen-bond acceptors (Lipinski definition) is 5. The lowest BCUT2D eigenvalue weighted by Crippen LogP contribution is -2.43. The number of benzene rings is 2. The molecule has 0 spiro atoms. The van der Waals surface area contributed by atoms with Crippen LogP contribution in [0.5, 0.6) is 0 Å². The number of halogens is 1. The molecule has 3 aromatic rings. The van der Waals surface area contributed by atoms with Crippen LogP contribution in [0.15, 0.2) is 65.5 Å². The van der Waals surface area contributed by atoms with Gasteiger partial charge in [0.05, 0.1) is 23.8 Å². The topological polar surface area (TPSA) is 83.0 Å². The molecule has 1 aliphatic heterocycles. The maximum atomic E-state index is 15.6. The van der Waals surface area contributed by atoms with Crippen molar-refractivity contribution in [2.75, 3.05) is 18.0 Å². The molecule has 4 rings (SSSR count). The number of furan rings is 1. The highest BCUT2D eigenvalue weighted by Gasteiger charge is 2.30. The van der Waals surface area contributed by atoms with E-state index in [-0.39, 0.29) is 29.6 Å². The highest BCUT2D eigenvalue weighted by Crippen LogP contribution is 2.35. The smallest absolute Gasteiger partial charge is 0.254 e. The Bertz CT molecular complexity index is 1220. The predicted octanol–water partition coefficient (Wildman–Crippen LogP) is 5.58. The first-order chi connectivity index (χ1) is 18.2. The molecule has 1 aliphatic rings. The van der Waals surface area contributed by atoms with Crippen molar-refractivity contribution in [3.05, 3.63) is 83.6 Å². The van der Waals surface area contributed by atoms with Crippen LogP contribution in [0, 0.1) is 5.82 Å². The molecule has 0 unspecified atom stereocenters. The Morgan fingerprint density at radius 2 is 1.68 bits per heavy atom. The molecule has 38 heavy (non-hydrogen) atoms. The number of anilines is 2. The second kappa shape index (κ2) is 11.8. The third-order valence-corrected chi connectivity index (χ3v) is 7.15. The zero-order valence-electron chi connectivity index (χ0n) is 22.6. The van der Waals surface area contributed by atoms with E-state index in [9.17, 15) is 9.59 Å². The fraction of sp³-hybridized carbons (Fsp3) is 0.400. The Morgan fingerprint density at radius 3 is 2.24 bits per heavy atom. The van der Waals surface area contributed by atoms with Crippen LogP contribution in [0.4, 0.5) is 15.8 Å². The largest absolute Gasteiger partial charge is 0.472 e. The summed E-state index contributed by atoms with van der Waals surface area (Å²) in [4.78, 5) is 31.3. The molecule has 2 aromatic carbocycles. The van der Waals surface area contributed by atoms with Gasteiger partial charge < -0.3 is 20.0 Å². The van der Waals surface area contributed by atoms with Crippen LogP contribution in [-0.2, 0) is 6.54 Å². The second-order valence-electron chi connectivity index (χ2n) is 10.5. The van der Waals surface area contributed by atoms with Crippen molar-refractivity contribution in [2.24, 2.45) is 5.73 Å². The molecule has 202 valence electrons. The Balaban J connectivity index is 1.64. The lowest BCUT2D eigenvalue weighted by atomic mass is 9.99. The van der Waals surface area contributed by atoms with Gasteiger partial charge in [-0.15, -0.1) is 0 Å². The van der Waals surface area contributed by atoms with Crippen LogP contribution in [0.2, 0.25) is 0 Å². The summed E-state index contributed by atoms with van der Waals surface area (Å²) in [6.07, 6.45) is 5.03. The minimum absolute atomic E-state index is 0.00222. The highest BCUT2D eigenvalue weighted by atomic mass is 19.1. The van der Waals surface area contributed by atoms with Crippen molar-refractivity contribution >= 4 is 23.2 Å². The summed E-state index contributed by atoms with van der Waals surface area (Å²) in [7, 11) is 0. The Kier molecular flexibility index (Phi) is 8.52. The van der Waals surface area contributed by atoms with Gasteiger partial charge in [-0.3, -0.25) is 14.5 Å². The number of rotatable bonds is 9. The molecular formula is C30H37FN4O3. The molecule has 2 heterocycles. The molecule has 0 atom stereocenters. The van der Waals surface area contributed by atoms with Crippen molar-refractivity contribution in [3.8, 4) is 0 Å². The third-order valence-electron chi connectivity index (χ3n) is 7.15. The van der Waals surface area contributed by atoms with Crippen molar-refractivity contribution in [1.29, 1.82) is 0 Å². The van der Waals surface area contributed by atoms with Crippen molar-refractivity contribution in [1.82, 2.24) is 9.80 Å². The molecule has 0 radical (unpaired) electrons. The van der Waals surface area contributed by atoms with Gasteiger partial charge in [0.25, 0.3) is 11.8 Å². The van der Waals surface area contributed by atoms with Crippen LogP contribution < -0.4 is 10.6 Å². The van der Waals surface area contributed by atoms with Gasteiger partial charge in [-0.05, 0) is 83.0 Å². The van der Waals surface area contributed by atoms with Gasteiger partial charge in [0.15, 0.2) is 5.82 Å². The third kappa shape index (κ3) is 5.91. The Labute approximate surface area is 224 Å². The quantitative estimate of drug-likeness (QED) is 0.398. The van der Waals surface area contributed by atoms with E-state index in [4.69, 9.17) is 10.2 Å². The van der Waals surface area contributed by atoms with Gasteiger partial charge in [-0.25, -0.2) is 4.39 Å². The number of piperidine rings is 1. The summed E-state index contributed by atoms with van der Waals surface area (Å²) in [6, 6.07) is 14.1. The van der Waals surface area contributed by atoms with Gasteiger partial charge in [0.1, 0.15) is 0 Å². The SMILES string of the molecule is CC(C)N(C(=O)c1ccc(N(c2cccc(C(N)=O)c2F)C2CCN(Cc3ccoc3)CC2)cc1)C(C)C. The number of nitrogens with zero attached hydrogens (tertiary/aromatic N) is 3. The standard InChI is InChI=1S/C30H37FN4O3/c1-20(2)34(21(3)4)30(37)23-8-10-24(11-9-23)35(27-7-5-6-26(28(27)31)29(32)36)25-12-15-33(16-13-25)18-22-14-17-38-19-22/h5-11,14,17,19-21,25H,12-13,15-16,18H2,1-4H3,(H2,32,36). The van der Waals surface area contributed by atoms with Crippen molar-refractivity contribution in [2.45, 2.75) is 65.2 Å². The van der Waals surface area contributed by atoms with Crippen LogP contribution in [0.25, 0.3) is 0 Å². The van der Waals surface area contributed by atoms with Gasteiger partial charge in [-0.1, -0.05) is 6.07 Å².